The summed E-state index contributed by atoms with van der Waals surface area (Å²) in [7, 11) is 0.213. The molecule has 3 unspecified atom stereocenters. The van der Waals surface area contributed by atoms with Gasteiger partial charge in [-0.2, -0.15) is 0 Å². The Kier molecular flexibility index (Phi) is 9.06. The molecule has 3 N–H and O–H groups in total. The van der Waals surface area contributed by atoms with Gasteiger partial charge in [0.2, 0.25) is 5.91 Å². The summed E-state index contributed by atoms with van der Waals surface area (Å²) in [6.07, 6.45) is 0.444. The molecular formula is C23H29F4N4OP. The van der Waals surface area contributed by atoms with Gasteiger partial charge in [-0.25, -0.2) is 18.4 Å². The summed E-state index contributed by atoms with van der Waals surface area (Å²) in [5.41, 5.74) is 7.87. The Bertz CT molecular complexity index is 964. The number of hydrogen-bond acceptors (Lipinski definition) is 4. The second-order valence-electron chi connectivity index (χ2n) is 8.27. The van der Waals surface area contributed by atoms with Crippen LogP contribution in [-0.4, -0.2) is 42.3 Å². The van der Waals surface area contributed by atoms with E-state index in [4.69, 9.17) is 5.73 Å². The third kappa shape index (κ3) is 6.88. The van der Waals surface area contributed by atoms with Gasteiger partial charge in [0.05, 0.1) is 18.9 Å². The van der Waals surface area contributed by atoms with E-state index in [2.05, 4.69) is 5.20 Å². The van der Waals surface area contributed by atoms with Crippen LogP contribution in [-0.2, 0) is 17.8 Å². The van der Waals surface area contributed by atoms with E-state index in [0.717, 1.165) is 17.3 Å². The summed E-state index contributed by atoms with van der Waals surface area (Å²) < 4.78 is 53.2. The van der Waals surface area contributed by atoms with Gasteiger partial charge in [0.25, 0.3) is 0 Å². The Balaban J connectivity index is 1.59. The number of hydrazine groups is 1. The van der Waals surface area contributed by atoms with Crippen LogP contribution in [0.5, 0.6) is 0 Å². The Labute approximate surface area is 193 Å². The molecule has 2 aromatic rings. The van der Waals surface area contributed by atoms with Crippen LogP contribution in [0.3, 0.4) is 0 Å². The number of anilines is 1. The lowest BCUT2D eigenvalue weighted by molar-refractivity contribution is -0.131. The molecule has 0 aromatic heterocycles. The monoisotopic (exact) mass is 484 g/mol. The van der Waals surface area contributed by atoms with Crippen LogP contribution in [0.15, 0.2) is 36.4 Å². The number of carbonyl (C=O) groups is 1. The summed E-state index contributed by atoms with van der Waals surface area (Å²) in [6, 6.07) is 8.49. The van der Waals surface area contributed by atoms with Gasteiger partial charge in [0, 0.05) is 37.3 Å². The van der Waals surface area contributed by atoms with Crippen molar-refractivity contribution in [2.75, 3.05) is 24.8 Å². The Morgan fingerprint density at radius 3 is 2.64 bits per heavy atom. The van der Waals surface area contributed by atoms with Crippen LogP contribution >= 0.6 is 8.73 Å². The van der Waals surface area contributed by atoms with E-state index in [-0.39, 0.29) is 45.1 Å². The number of rotatable bonds is 9. The molecule has 5 nitrogen and oxygen atoms in total. The van der Waals surface area contributed by atoms with E-state index >= 15 is 0 Å². The second-order valence-corrected chi connectivity index (χ2v) is 9.77. The number of amides is 1. The number of fused-ring (bicyclic) bond motifs is 1. The molecule has 0 saturated heterocycles. The van der Waals surface area contributed by atoms with Crippen molar-refractivity contribution in [1.82, 2.24) is 10.1 Å². The molecule has 10 heteroatoms. The number of nitrogens with one attached hydrogen (secondary N) is 1. The molecule has 1 aliphatic heterocycles. The highest BCUT2D eigenvalue weighted by molar-refractivity contribution is 7.36. The number of nitrogens with zero attached hydrogens (tertiary/aromatic N) is 2. The highest BCUT2D eigenvalue weighted by Crippen LogP contribution is 2.27. The highest BCUT2D eigenvalue weighted by Gasteiger charge is 2.23. The standard InChI is InChI=1S/C23H29F4N4OP/c1-15(13-24)33-29-31-9-8-30(14-16-4-2-3-5-22(16)31)23(32)7-6-18(28)10-17-11-20(26)21(27)12-19(17)25/h2-5,11-12,15,18,29,33H,6-10,13-14,28H2,1H3. The molecule has 0 spiro atoms. The molecule has 1 heterocycles. The van der Waals surface area contributed by atoms with Gasteiger partial charge in [-0.15, -0.1) is 0 Å². The number of alkyl halides is 1. The molecule has 3 atom stereocenters. The molecule has 0 fully saturated rings. The fraction of sp³-hybridized carbons (Fsp3) is 0.435. The van der Waals surface area contributed by atoms with Gasteiger partial charge in [0.1, 0.15) is 5.82 Å². The van der Waals surface area contributed by atoms with Crippen molar-refractivity contribution >= 4 is 20.3 Å². The van der Waals surface area contributed by atoms with Crippen LogP contribution < -0.4 is 15.9 Å². The molecule has 0 radical (unpaired) electrons. The average molecular weight is 484 g/mol. The van der Waals surface area contributed by atoms with Crippen molar-refractivity contribution in [3.63, 3.8) is 0 Å². The Hall–Kier alpha value is -2.22. The van der Waals surface area contributed by atoms with E-state index in [1.807, 2.05) is 36.2 Å². The van der Waals surface area contributed by atoms with Gasteiger partial charge in [-0.1, -0.05) is 25.1 Å². The molecule has 180 valence electrons. The third-order valence-corrected chi connectivity index (χ3v) is 6.61. The number of benzene rings is 2. The molecule has 0 bridgehead atoms. The first-order valence-corrected chi connectivity index (χ1v) is 12.0. The van der Waals surface area contributed by atoms with Crippen molar-refractivity contribution in [3.8, 4) is 0 Å². The van der Waals surface area contributed by atoms with Crippen LogP contribution in [0.1, 0.15) is 30.9 Å². The highest BCUT2D eigenvalue weighted by atomic mass is 31.1. The minimum atomic E-state index is -1.25. The maximum atomic E-state index is 13.9. The SMILES string of the molecule is CC(CF)PNN1CCN(C(=O)CCC(N)Cc2cc(F)c(F)cc2F)Cc2ccccc21. The molecular weight excluding hydrogens is 455 g/mol. The van der Waals surface area contributed by atoms with Crippen molar-refractivity contribution in [2.45, 2.75) is 44.4 Å². The summed E-state index contributed by atoms with van der Waals surface area (Å²) in [6.45, 7) is 2.88. The summed E-state index contributed by atoms with van der Waals surface area (Å²) >= 11 is 0. The molecule has 0 saturated carbocycles. The minimum Gasteiger partial charge on any atom is -0.336 e. The van der Waals surface area contributed by atoms with Crippen molar-refractivity contribution < 1.29 is 22.4 Å². The zero-order valence-corrected chi connectivity index (χ0v) is 19.5. The van der Waals surface area contributed by atoms with E-state index in [1.165, 1.54) is 0 Å². The van der Waals surface area contributed by atoms with Crippen molar-refractivity contribution in [2.24, 2.45) is 5.73 Å². The first-order chi connectivity index (χ1) is 15.8. The Morgan fingerprint density at radius 2 is 1.88 bits per heavy atom. The zero-order chi connectivity index (χ0) is 24.0. The predicted molar refractivity (Wildman–Crippen MR) is 123 cm³/mol. The van der Waals surface area contributed by atoms with Gasteiger partial charge in [0.15, 0.2) is 11.6 Å². The molecule has 1 amide bonds. The molecule has 0 aliphatic carbocycles. The summed E-state index contributed by atoms with van der Waals surface area (Å²) in [5.74, 6) is -3.31. The van der Waals surface area contributed by atoms with E-state index in [0.29, 0.717) is 25.7 Å². The maximum absolute atomic E-state index is 13.9. The van der Waals surface area contributed by atoms with Gasteiger partial charge >= 0.3 is 0 Å². The first kappa shape index (κ1) is 25.4. The number of halogens is 4. The van der Waals surface area contributed by atoms with Crippen LogP contribution in [0.2, 0.25) is 0 Å². The van der Waals surface area contributed by atoms with Crippen LogP contribution in [0.4, 0.5) is 23.2 Å². The van der Waals surface area contributed by atoms with Crippen molar-refractivity contribution in [1.29, 1.82) is 0 Å². The summed E-state index contributed by atoms with van der Waals surface area (Å²) in [5, 5.41) is 5.25. The zero-order valence-electron chi connectivity index (χ0n) is 18.5. The number of carbonyl (C=O) groups excluding carboxylic acids is 1. The minimum absolute atomic E-state index is 0.00449. The van der Waals surface area contributed by atoms with Crippen LogP contribution in [0, 0.1) is 17.5 Å². The van der Waals surface area contributed by atoms with Gasteiger partial charge < -0.3 is 15.6 Å². The number of nitrogens with two attached hydrogens (primary N) is 1. The largest absolute Gasteiger partial charge is 0.336 e. The average Bonchev–Trinajstić information content (AvgIpc) is 2.99. The summed E-state index contributed by atoms with van der Waals surface area (Å²) in [4.78, 5) is 14.6. The van der Waals surface area contributed by atoms with E-state index in [1.54, 1.807) is 4.90 Å². The van der Waals surface area contributed by atoms with Gasteiger partial charge in [-0.05, 0) is 44.8 Å². The lowest BCUT2D eigenvalue weighted by Gasteiger charge is -2.26. The third-order valence-electron chi connectivity index (χ3n) is 5.57. The van der Waals surface area contributed by atoms with Gasteiger partial charge in [-0.3, -0.25) is 9.18 Å². The van der Waals surface area contributed by atoms with E-state index < -0.39 is 30.2 Å². The molecule has 2 aromatic carbocycles. The lowest BCUT2D eigenvalue weighted by atomic mass is 10.0. The van der Waals surface area contributed by atoms with Crippen LogP contribution in [0.25, 0.3) is 0 Å². The second kappa shape index (κ2) is 11.8. The molecule has 33 heavy (non-hydrogen) atoms. The predicted octanol–water partition coefficient (Wildman–Crippen LogP) is 4.06. The topological polar surface area (TPSA) is 61.6 Å². The number of hydrogen-bond donors (Lipinski definition) is 2. The fourth-order valence-electron chi connectivity index (χ4n) is 3.66. The quantitative estimate of drug-likeness (QED) is 0.320. The molecule has 1 aliphatic rings. The maximum Gasteiger partial charge on any atom is 0.222 e. The fourth-order valence-corrected chi connectivity index (χ4v) is 4.35. The van der Waals surface area contributed by atoms with E-state index in [9.17, 15) is 22.4 Å². The number of para-hydroxylation sites is 1. The molecule has 3 rings (SSSR count). The van der Waals surface area contributed by atoms with Crippen molar-refractivity contribution in [3.05, 3.63) is 65.0 Å². The normalized spacial score (nSPS) is 16.1. The smallest absolute Gasteiger partial charge is 0.222 e. The Morgan fingerprint density at radius 1 is 1.15 bits per heavy atom. The lowest BCUT2D eigenvalue weighted by Crippen LogP contribution is -2.40. The first-order valence-electron chi connectivity index (χ1n) is 10.9.